The van der Waals surface area contributed by atoms with Crippen molar-refractivity contribution >= 4 is 11.9 Å². The van der Waals surface area contributed by atoms with Crippen LogP contribution in [0, 0.1) is 0 Å². The summed E-state index contributed by atoms with van der Waals surface area (Å²) in [7, 11) is 1.26. The molecular weight excluding hydrogens is 258 g/mol. The van der Waals surface area contributed by atoms with E-state index in [1.165, 1.54) is 7.11 Å². The van der Waals surface area contributed by atoms with Crippen molar-refractivity contribution < 1.29 is 19.1 Å². The maximum Gasteiger partial charge on any atom is 0.355 e. The van der Waals surface area contributed by atoms with Crippen LogP contribution in [0.2, 0.25) is 0 Å². The van der Waals surface area contributed by atoms with Gasteiger partial charge in [0.1, 0.15) is 5.69 Å². The lowest BCUT2D eigenvalue weighted by atomic mass is 10.1. The van der Waals surface area contributed by atoms with E-state index in [1.807, 2.05) is 30.3 Å². The largest absolute Gasteiger partial charge is 0.464 e. The minimum Gasteiger partial charge on any atom is -0.464 e. The normalized spacial score (nSPS) is 10.1. The number of aromatic amines is 1. The Kier molecular flexibility index (Phi) is 4.20. The lowest BCUT2D eigenvalue weighted by molar-refractivity contribution is 0.0503. The van der Waals surface area contributed by atoms with E-state index in [1.54, 1.807) is 13.0 Å². The van der Waals surface area contributed by atoms with Crippen molar-refractivity contribution in [2.45, 2.75) is 6.92 Å². The molecule has 0 atom stereocenters. The second-order valence-corrected chi connectivity index (χ2v) is 4.05. The number of ether oxygens (including phenoxy) is 2. The van der Waals surface area contributed by atoms with E-state index in [9.17, 15) is 9.59 Å². The highest BCUT2D eigenvalue weighted by Gasteiger charge is 2.22. The second-order valence-electron chi connectivity index (χ2n) is 4.05. The quantitative estimate of drug-likeness (QED) is 0.869. The Morgan fingerprint density at radius 3 is 2.45 bits per heavy atom. The third-order valence-corrected chi connectivity index (χ3v) is 2.79. The Hall–Kier alpha value is -2.56. The van der Waals surface area contributed by atoms with Gasteiger partial charge >= 0.3 is 11.9 Å². The van der Waals surface area contributed by atoms with Crippen LogP contribution in [0.4, 0.5) is 0 Å². The fourth-order valence-corrected chi connectivity index (χ4v) is 1.86. The summed E-state index contributed by atoms with van der Waals surface area (Å²) in [5.41, 5.74) is 1.81. The van der Waals surface area contributed by atoms with Crippen molar-refractivity contribution in [2.75, 3.05) is 13.7 Å². The topological polar surface area (TPSA) is 68.4 Å². The maximum atomic E-state index is 11.9. The molecular formula is C15H15NO4. The van der Waals surface area contributed by atoms with E-state index < -0.39 is 11.9 Å². The number of carbonyl (C=O) groups excluding carboxylic acids is 2. The molecule has 1 heterocycles. The van der Waals surface area contributed by atoms with E-state index in [-0.39, 0.29) is 17.9 Å². The first-order valence-electron chi connectivity index (χ1n) is 6.21. The molecule has 0 aliphatic carbocycles. The zero-order chi connectivity index (χ0) is 14.5. The van der Waals surface area contributed by atoms with Crippen LogP contribution < -0.4 is 0 Å². The van der Waals surface area contributed by atoms with Gasteiger partial charge in [0.25, 0.3) is 0 Å². The zero-order valence-corrected chi connectivity index (χ0v) is 11.3. The second kappa shape index (κ2) is 6.06. The molecule has 0 bridgehead atoms. The first-order valence-corrected chi connectivity index (χ1v) is 6.21. The molecule has 1 aromatic carbocycles. The van der Waals surface area contributed by atoms with Crippen LogP contribution in [0.1, 0.15) is 27.8 Å². The average Bonchev–Trinajstić information content (AvgIpc) is 2.93. The number of hydrogen-bond acceptors (Lipinski definition) is 4. The van der Waals surface area contributed by atoms with Crippen LogP contribution >= 0.6 is 0 Å². The predicted molar refractivity (Wildman–Crippen MR) is 73.5 cm³/mol. The summed E-state index contributed by atoms with van der Waals surface area (Å²) in [6.45, 7) is 1.95. The van der Waals surface area contributed by atoms with Gasteiger partial charge in [0, 0.05) is 5.69 Å². The molecule has 0 spiro atoms. The Morgan fingerprint density at radius 1 is 1.15 bits per heavy atom. The number of methoxy groups -OCH3 is 1. The minimum atomic E-state index is -0.602. The average molecular weight is 273 g/mol. The number of nitrogens with one attached hydrogen (secondary N) is 1. The molecule has 1 aromatic heterocycles. The van der Waals surface area contributed by atoms with Gasteiger partial charge in [-0.1, -0.05) is 30.3 Å². The third-order valence-electron chi connectivity index (χ3n) is 2.79. The lowest BCUT2D eigenvalue weighted by Crippen LogP contribution is -2.11. The molecule has 0 amide bonds. The molecule has 0 radical (unpaired) electrons. The van der Waals surface area contributed by atoms with Crippen LogP contribution in [0.5, 0.6) is 0 Å². The molecule has 5 nitrogen and oxygen atoms in total. The molecule has 0 aliphatic heterocycles. The first-order chi connectivity index (χ1) is 9.67. The Balaban J connectivity index is 2.47. The standard InChI is InChI=1S/C15H15NO4/c1-3-20-14(17)11-9-12(10-7-5-4-6-8-10)16-13(11)15(18)19-2/h4-9,16H,3H2,1-2H3. The number of benzene rings is 1. The van der Waals surface area contributed by atoms with E-state index in [4.69, 9.17) is 4.74 Å². The van der Waals surface area contributed by atoms with Gasteiger partial charge in [-0.15, -0.1) is 0 Å². The number of esters is 2. The summed E-state index contributed by atoms with van der Waals surface area (Å²) in [6.07, 6.45) is 0. The number of H-pyrrole nitrogens is 1. The van der Waals surface area contributed by atoms with Crippen LogP contribution in [0.25, 0.3) is 11.3 Å². The SMILES string of the molecule is CCOC(=O)c1cc(-c2ccccc2)[nH]c1C(=O)OC. The molecule has 0 saturated heterocycles. The van der Waals surface area contributed by atoms with E-state index in [0.717, 1.165) is 5.56 Å². The van der Waals surface area contributed by atoms with Crippen LogP contribution in [-0.2, 0) is 9.47 Å². The summed E-state index contributed by atoms with van der Waals surface area (Å²) in [5, 5.41) is 0. The number of hydrogen-bond donors (Lipinski definition) is 1. The van der Waals surface area contributed by atoms with Crippen LogP contribution in [0.15, 0.2) is 36.4 Å². The highest BCUT2D eigenvalue weighted by atomic mass is 16.5. The summed E-state index contributed by atoms with van der Waals surface area (Å²) in [6, 6.07) is 11.0. The predicted octanol–water partition coefficient (Wildman–Crippen LogP) is 2.65. The van der Waals surface area contributed by atoms with Crippen molar-refractivity contribution in [1.29, 1.82) is 0 Å². The van der Waals surface area contributed by atoms with Gasteiger partial charge in [-0.2, -0.15) is 0 Å². The monoisotopic (exact) mass is 273 g/mol. The van der Waals surface area contributed by atoms with Gasteiger partial charge in [-0.05, 0) is 18.6 Å². The lowest BCUT2D eigenvalue weighted by Gasteiger charge is -2.01. The van der Waals surface area contributed by atoms with E-state index in [2.05, 4.69) is 9.72 Å². The summed E-state index contributed by atoms with van der Waals surface area (Å²) >= 11 is 0. The molecule has 104 valence electrons. The van der Waals surface area contributed by atoms with E-state index in [0.29, 0.717) is 5.69 Å². The Bertz CT molecular complexity index is 616. The molecule has 2 rings (SSSR count). The number of carbonyl (C=O) groups is 2. The van der Waals surface area contributed by atoms with Gasteiger partial charge in [0.2, 0.25) is 0 Å². The first kappa shape index (κ1) is 13.9. The van der Waals surface area contributed by atoms with Crippen molar-refractivity contribution in [2.24, 2.45) is 0 Å². The molecule has 0 aliphatic rings. The van der Waals surface area contributed by atoms with Gasteiger partial charge in [-0.3, -0.25) is 0 Å². The highest BCUT2D eigenvalue weighted by molar-refractivity contribution is 6.03. The molecule has 0 unspecified atom stereocenters. The fourth-order valence-electron chi connectivity index (χ4n) is 1.86. The molecule has 20 heavy (non-hydrogen) atoms. The molecule has 2 aromatic rings. The highest BCUT2D eigenvalue weighted by Crippen LogP contribution is 2.23. The molecule has 0 fully saturated rings. The fraction of sp³-hybridized carbons (Fsp3) is 0.200. The Morgan fingerprint density at radius 2 is 1.85 bits per heavy atom. The van der Waals surface area contributed by atoms with Gasteiger partial charge in [0.15, 0.2) is 0 Å². The third kappa shape index (κ3) is 2.71. The minimum absolute atomic E-state index is 0.102. The van der Waals surface area contributed by atoms with Crippen LogP contribution in [0.3, 0.4) is 0 Å². The molecule has 1 N–H and O–H groups in total. The number of aromatic nitrogens is 1. The van der Waals surface area contributed by atoms with E-state index >= 15 is 0 Å². The zero-order valence-electron chi connectivity index (χ0n) is 11.3. The van der Waals surface area contributed by atoms with Gasteiger partial charge in [0.05, 0.1) is 19.3 Å². The van der Waals surface area contributed by atoms with Crippen molar-refractivity contribution in [3.63, 3.8) is 0 Å². The van der Waals surface area contributed by atoms with Crippen LogP contribution in [-0.4, -0.2) is 30.6 Å². The number of rotatable bonds is 4. The summed E-state index contributed by atoms with van der Waals surface area (Å²) in [4.78, 5) is 26.5. The Labute approximate surface area is 116 Å². The maximum absolute atomic E-state index is 11.9. The van der Waals surface area contributed by atoms with Gasteiger partial charge in [-0.25, -0.2) is 9.59 Å². The summed E-state index contributed by atoms with van der Waals surface area (Å²) < 4.78 is 9.62. The molecule has 5 heteroatoms. The van der Waals surface area contributed by atoms with Crippen molar-refractivity contribution in [3.05, 3.63) is 47.7 Å². The smallest absolute Gasteiger partial charge is 0.355 e. The van der Waals surface area contributed by atoms with Gasteiger partial charge < -0.3 is 14.5 Å². The van der Waals surface area contributed by atoms with Crippen molar-refractivity contribution in [1.82, 2.24) is 4.98 Å². The molecule has 0 saturated carbocycles. The summed E-state index contributed by atoms with van der Waals surface area (Å²) in [5.74, 6) is -1.15. The van der Waals surface area contributed by atoms with Crippen molar-refractivity contribution in [3.8, 4) is 11.3 Å².